The summed E-state index contributed by atoms with van der Waals surface area (Å²) in [7, 11) is -0.988. The summed E-state index contributed by atoms with van der Waals surface area (Å²) < 4.78 is 40.4. The molecule has 0 unspecified atom stereocenters. The van der Waals surface area contributed by atoms with Crippen molar-refractivity contribution in [1.82, 2.24) is 4.57 Å². The molecule has 0 bridgehead atoms. The highest BCUT2D eigenvalue weighted by Gasteiger charge is 2.14. The molecule has 0 N–H and O–H groups in total. The van der Waals surface area contributed by atoms with Crippen LogP contribution in [0.25, 0.3) is 20.4 Å². The molecule has 0 saturated carbocycles. The molecule has 0 atom stereocenters. The van der Waals surface area contributed by atoms with Gasteiger partial charge in [0.2, 0.25) is 4.80 Å². The van der Waals surface area contributed by atoms with E-state index in [2.05, 4.69) is 44.7 Å². The molecule has 0 fully saturated rings. The fourth-order valence-electron chi connectivity index (χ4n) is 2.53. The van der Waals surface area contributed by atoms with Gasteiger partial charge in [0, 0.05) is 7.05 Å². The smallest absolute Gasteiger partial charge is 0.318 e. The molecule has 0 amide bonds. The topological polar surface area (TPSA) is 150 Å². The van der Waals surface area contributed by atoms with Crippen molar-refractivity contribution in [2.75, 3.05) is 0 Å². The normalized spacial score (nSPS) is 12.9. The molecular formula is C17H15ClN6O4S2. The van der Waals surface area contributed by atoms with Crippen molar-refractivity contribution >= 4 is 54.6 Å². The van der Waals surface area contributed by atoms with Crippen LogP contribution in [0.3, 0.4) is 0 Å². The Kier molecular flexibility index (Phi) is 6.99. The molecular weight excluding hydrogens is 452 g/mol. The van der Waals surface area contributed by atoms with Crippen molar-refractivity contribution in [1.29, 1.82) is 0 Å². The highest BCUT2D eigenvalue weighted by molar-refractivity contribution is 7.21. The van der Waals surface area contributed by atoms with E-state index < -0.39 is 10.2 Å². The number of para-hydroxylation sites is 2. The van der Waals surface area contributed by atoms with Crippen LogP contribution in [0.15, 0.2) is 69.0 Å². The van der Waals surface area contributed by atoms with Crippen LogP contribution in [-0.4, -0.2) is 10.9 Å². The lowest BCUT2D eigenvalue weighted by Crippen LogP contribution is -2.68. The standard InChI is InChI=1S/C17H15N6S2.ClHO4/c1-22-12-7-3-5-9-14(12)24-16(22)20-18-11-19-21-17-23(2)13-8-4-6-10-15(13)25-17;2-1(3,4)5/h3-11H,1-2H3;(H,2,3,4,5)/q+1;/p-1. The number of fused-ring (bicyclic) bond motifs is 2. The summed E-state index contributed by atoms with van der Waals surface area (Å²) in [6.07, 6.45) is 1.37. The van der Waals surface area contributed by atoms with Crippen molar-refractivity contribution in [3.8, 4) is 0 Å². The second-order valence-electron chi connectivity index (χ2n) is 5.75. The van der Waals surface area contributed by atoms with Crippen LogP contribution < -0.4 is 28.0 Å². The van der Waals surface area contributed by atoms with Gasteiger partial charge in [-0.2, -0.15) is 0 Å². The lowest BCUT2D eigenvalue weighted by Gasteiger charge is -2.17. The van der Waals surface area contributed by atoms with Gasteiger partial charge in [-0.15, -0.1) is 20.4 Å². The quantitative estimate of drug-likeness (QED) is 0.127. The Hall–Kier alpha value is -2.58. The summed E-state index contributed by atoms with van der Waals surface area (Å²) in [5.41, 5.74) is 2.28. The van der Waals surface area contributed by atoms with Gasteiger partial charge in [-0.05, 0) is 40.7 Å². The molecule has 4 rings (SSSR count). The molecule has 0 radical (unpaired) electrons. The Labute approximate surface area is 180 Å². The van der Waals surface area contributed by atoms with Gasteiger partial charge >= 0.3 is 5.13 Å². The van der Waals surface area contributed by atoms with Crippen LogP contribution >= 0.6 is 22.7 Å². The van der Waals surface area contributed by atoms with E-state index in [1.165, 1.54) is 15.7 Å². The van der Waals surface area contributed by atoms with Crippen molar-refractivity contribution < 1.29 is 33.4 Å². The van der Waals surface area contributed by atoms with E-state index in [4.69, 9.17) is 18.6 Å². The lowest BCUT2D eigenvalue weighted by molar-refractivity contribution is -2.00. The van der Waals surface area contributed by atoms with Gasteiger partial charge in [0.25, 0.3) is 0 Å². The van der Waals surface area contributed by atoms with E-state index >= 15 is 0 Å². The molecule has 2 aromatic carbocycles. The molecule has 4 aromatic rings. The number of hydrogen-bond donors (Lipinski definition) is 0. The first kappa shape index (κ1) is 22.1. The van der Waals surface area contributed by atoms with Gasteiger partial charge in [-0.1, -0.05) is 35.6 Å². The molecule has 10 nitrogen and oxygen atoms in total. The summed E-state index contributed by atoms with van der Waals surface area (Å²) in [4.78, 5) is 0.820. The van der Waals surface area contributed by atoms with Crippen LogP contribution in [0, 0.1) is 10.2 Å². The minimum Gasteiger partial charge on any atom is -0.318 e. The van der Waals surface area contributed by atoms with Crippen molar-refractivity contribution in [2.24, 2.45) is 34.5 Å². The molecule has 13 heteroatoms. The number of hydrogen-bond acceptors (Lipinski definition) is 9. The zero-order valence-corrected chi connectivity index (χ0v) is 18.1. The molecule has 30 heavy (non-hydrogen) atoms. The number of thiazole rings is 2. The fraction of sp³-hybridized carbons (Fsp3) is 0.118. The van der Waals surface area contributed by atoms with Gasteiger partial charge in [0.15, 0.2) is 6.34 Å². The van der Waals surface area contributed by atoms with E-state index in [-0.39, 0.29) is 0 Å². The van der Waals surface area contributed by atoms with E-state index in [0.717, 1.165) is 21.0 Å². The van der Waals surface area contributed by atoms with E-state index in [1.807, 2.05) is 47.5 Å². The van der Waals surface area contributed by atoms with E-state index in [9.17, 15) is 0 Å². The van der Waals surface area contributed by atoms with Crippen LogP contribution in [0.4, 0.5) is 5.13 Å². The van der Waals surface area contributed by atoms with Gasteiger partial charge in [-0.25, -0.2) is 23.2 Å². The summed E-state index contributed by atoms with van der Waals surface area (Å²) in [5, 5.41) is 17.3. The maximum absolute atomic E-state index is 8.49. The minimum atomic E-state index is -4.94. The fourth-order valence-corrected chi connectivity index (χ4v) is 4.48. The third-order valence-electron chi connectivity index (χ3n) is 3.82. The Morgan fingerprint density at radius 2 is 1.60 bits per heavy atom. The second kappa shape index (κ2) is 9.49. The highest BCUT2D eigenvalue weighted by atomic mass is 35.7. The zero-order chi connectivity index (χ0) is 21.7. The maximum Gasteiger partial charge on any atom is 0.409 e. The predicted octanol–water partition coefficient (Wildman–Crippen LogP) is -0.849. The molecule has 0 spiro atoms. The summed E-state index contributed by atoms with van der Waals surface area (Å²) in [6.45, 7) is 0. The van der Waals surface area contributed by atoms with E-state index in [1.54, 1.807) is 22.7 Å². The van der Waals surface area contributed by atoms with Gasteiger partial charge in [-0.3, -0.25) is 0 Å². The maximum atomic E-state index is 8.49. The Bertz CT molecular complexity index is 1280. The second-order valence-corrected chi connectivity index (χ2v) is 8.52. The SMILES string of the molecule is Cn1/c(=N/N=C/N=Nc2sc3ccccc3[n+]2C)sc2ccccc21.[O-][Cl+3]([O-])([O-])[O-]. The minimum absolute atomic E-state index is 0.820. The van der Waals surface area contributed by atoms with Crippen LogP contribution in [0.2, 0.25) is 0 Å². The van der Waals surface area contributed by atoms with Gasteiger partial charge in [0.05, 0.1) is 27.1 Å². The van der Waals surface area contributed by atoms with Crippen molar-refractivity contribution in [3.05, 3.63) is 53.3 Å². The van der Waals surface area contributed by atoms with Crippen LogP contribution in [-0.2, 0) is 14.1 Å². The van der Waals surface area contributed by atoms with E-state index in [0.29, 0.717) is 0 Å². The lowest BCUT2D eigenvalue weighted by atomic mass is 10.3. The van der Waals surface area contributed by atoms with Crippen LogP contribution in [0.5, 0.6) is 0 Å². The first-order valence-corrected chi connectivity index (χ1v) is 11.1. The number of aryl methyl sites for hydroxylation is 2. The molecule has 0 aliphatic carbocycles. The number of benzene rings is 2. The highest BCUT2D eigenvalue weighted by Crippen LogP contribution is 2.25. The first-order valence-electron chi connectivity index (χ1n) is 8.24. The number of halogens is 1. The zero-order valence-electron chi connectivity index (χ0n) is 15.7. The first-order chi connectivity index (χ1) is 14.2. The third kappa shape index (κ3) is 5.73. The van der Waals surface area contributed by atoms with Crippen molar-refractivity contribution in [2.45, 2.75) is 0 Å². The number of azo groups is 1. The Morgan fingerprint density at radius 1 is 0.967 bits per heavy atom. The largest absolute Gasteiger partial charge is 0.409 e. The summed E-state index contributed by atoms with van der Waals surface area (Å²) in [6, 6.07) is 16.3. The number of aromatic nitrogens is 2. The summed E-state index contributed by atoms with van der Waals surface area (Å²) >= 11 is 3.18. The molecule has 156 valence electrons. The molecule has 2 heterocycles. The third-order valence-corrected chi connectivity index (χ3v) is 6.03. The van der Waals surface area contributed by atoms with Gasteiger partial charge < -0.3 is 4.57 Å². The Balaban J connectivity index is 0.000000461. The molecule has 0 aliphatic rings. The molecule has 0 aliphatic heterocycles. The number of rotatable bonds is 3. The average molecular weight is 467 g/mol. The predicted molar refractivity (Wildman–Crippen MR) is 102 cm³/mol. The molecule has 2 aromatic heterocycles. The molecule has 0 saturated heterocycles. The number of nitrogens with zero attached hydrogens (tertiary/aromatic N) is 6. The Morgan fingerprint density at radius 3 is 2.27 bits per heavy atom. The average Bonchev–Trinajstić information content (AvgIpc) is 3.18. The van der Waals surface area contributed by atoms with Crippen LogP contribution in [0.1, 0.15) is 0 Å². The summed E-state index contributed by atoms with van der Waals surface area (Å²) in [5.74, 6) is 0. The van der Waals surface area contributed by atoms with Crippen molar-refractivity contribution in [3.63, 3.8) is 0 Å². The monoisotopic (exact) mass is 466 g/mol. The van der Waals surface area contributed by atoms with Gasteiger partial charge in [0.1, 0.15) is 5.52 Å².